The molecule has 0 spiro atoms. The van der Waals surface area contributed by atoms with Gasteiger partial charge in [-0.25, -0.2) is 4.99 Å². The molecule has 1 saturated heterocycles. The zero-order chi connectivity index (χ0) is 22.5. The third kappa shape index (κ3) is 5.06. The number of aromatic hydroxyl groups is 1. The van der Waals surface area contributed by atoms with E-state index in [1.54, 1.807) is 23.1 Å². The van der Waals surface area contributed by atoms with Gasteiger partial charge in [0.25, 0.3) is 5.91 Å². The van der Waals surface area contributed by atoms with Gasteiger partial charge in [0.1, 0.15) is 0 Å². The molecule has 0 aromatic heterocycles. The molecule has 7 heteroatoms. The number of phenols is 1. The number of halogens is 1. The first kappa shape index (κ1) is 22.2. The summed E-state index contributed by atoms with van der Waals surface area (Å²) in [7, 11) is 0. The highest BCUT2D eigenvalue weighted by molar-refractivity contribution is 9.10. The fourth-order valence-corrected chi connectivity index (χ4v) is 4.66. The van der Waals surface area contributed by atoms with Gasteiger partial charge in [0.2, 0.25) is 0 Å². The molecule has 0 saturated carbocycles. The Hall–Kier alpha value is -3.03. The lowest BCUT2D eigenvalue weighted by Gasteiger charge is -2.15. The monoisotopic (exact) mass is 508 g/mol. The molecule has 4 rings (SSSR count). The summed E-state index contributed by atoms with van der Waals surface area (Å²) < 4.78 is 6.02. The van der Waals surface area contributed by atoms with E-state index in [1.165, 1.54) is 11.8 Å². The normalized spacial score (nSPS) is 16.2. The second-order valence-electron chi connectivity index (χ2n) is 7.00. The SMILES string of the molecule is CCOc1cc(/C=C2/SC(=Nc3ccccc3)N(Cc3ccccc3)C2=O)cc(Br)c1O. The lowest BCUT2D eigenvalue weighted by Crippen LogP contribution is -2.28. The molecule has 1 N–H and O–H groups in total. The zero-order valence-electron chi connectivity index (χ0n) is 17.4. The van der Waals surface area contributed by atoms with Crippen LogP contribution in [-0.2, 0) is 11.3 Å². The number of ether oxygens (including phenoxy) is 1. The molecule has 5 nitrogen and oxygen atoms in total. The van der Waals surface area contributed by atoms with Gasteiger partial charge in [0.05, 0.1) is 28.2 Å². The highest BCUT2D eigenvalue weighted by Gasteiger charge is 2.33. The maximum atomic E-state index is 13.3. The van der Waals surface area contributed by atoms with Gasteiger partial charge in [-0.15, -0.1) is 0 Å². The molecule has 0 radical (unpaired) electrons. The number of para-hydroxylation sites is 1. The van der Waals surface area contributed by atoms with Crippen molar-refractivity contribution in [1.82, 2.24) is 4.90 Å². The van der Waals surface area contributed by atoms with E-state index in [0.29, 0.717) is 33.4 Å². The molecule has 162 valence electrons. The van der Waals surface area contributed by atoms with Crippen LogP contribution in [0.4, 0.5) is 5.69 Å². The highest BCUT2D eigenvalue weighted by Crippen LogP contribution is 2.39. The van der Waals surface area contributed by atoms with Crippen molar-refractivity contribution in [3.63, 3.8) is 0 Å². The van der Waals surface area contributed by atoms with Gasteiger partial charge in [-0.3, -0.25) is 9.69 Å². The third-order valence-corrected chi connectivity index (χ3v) is 6.31. The zero-order valence-corrected chi connectivity index (χ0v) is 19.8. The van der Waals surface area contributed by atoms with Crippen molar-refractivity contribution in [3.8, 4) is 11.5 Å². The van der Waals surface area contributed by atoms with E-state index in [4.69, 9.17) is 9.73 Å². The van der Waals surface area contributed by atoms with Crippen LogP contribution < -0.4 is 4.74 Å². The minimum atomic E-state index is -0.115. The average molecular weight is 509 g/mol. The maximum Gasteiger partial charge on any atom is 0.267 e. The number of hydrogen-bond donors (Lipinski definition) is 1. The number of nitrogens with zero attached hydrogens (tertiary/aromatic N) is 2. The summed E-state index contributed by atoms with van der Waals surface area (Å²) in [5.41, 5.74) is 2.55. The molecule has 32 heavy (non-hydrogen) atoms. The number of amidine groups is 1. The molecular weight excluding hydrogens is 488 g/mol. The fourth-order valence-electron chi connectivity index (χ4n) is 3.20. The number of benzene rings is 3. The molecular formula is C25H21BrN2O3S. The minimum absolute atomic E-state index is 0.0384. The topological polar surface area (TPSA) is 62.1 Å². The molecule has 1 heterocycles. The Bertz CT molecular complexity index is 1180. The van der Waals surface area contributed by atoms with Gasteiger partial charge in [0, 0.05) is 0 Å². The van der Waals surface area contributed by atoms with Gasteiger partial charge in [0.15, 0.2) is 16.7 Å². The van der Waals surface area contributed by atoms with Crippen LogP contribution in [0.3, 0.4) is 0 Å². The van der Waals surface area contributed by atoms with E-state index in [1.807, 2.05) is 67.6 Å². The van der Waals surface area contributed by atoms with Crippen molar-refractivity contribution >= 4 is 50.5 Å². The molecule has 3 aromatic carbocycles. The Morgan fingerprint density at radius 3 is 2.47 bits per heavy atom. The fraction of sp³-hybridized carbons (Fsp3) is 0.120. The van der Waals surface area contributed by atoms with Crippen LogP contribution in [0, 0.1) is 0 Å². The van der Waals surface area contributed by atoms with Crippen LogP contribution in [0.5, 0.6) is 11.5 Å². The molecule has 1 aliphatic heterocycles. The number of rotatable bonds is 6. The Kier molecular flexibility index (Phi) is 6.97. The smallest absolute Gasteiger partial charge is 0.267 e. The highest BCUT2D eigenvalue weighted by atomic mass is 79.9. The van der Waals surface area contributed by atoms with Crippen LogP contribution >= 0.6 is 27.7 Å². The summed E-state index contributed by atoms with van der Waals surface area (Å²) in [6.45, 7) is 2.70. The van der Waals surface area contributed by atoms with Crippen molar-refractivity contribution in [2.24, 2.45) is 4.99 Å². The summed E-state index contributed by atoms with van der Waals surface area (Å²) in [5.74, 6) is 0.288. The minimum Gasteiger partial charge on any atom is -0.503 e. The lowest BCUT2D eigenvalue weighted by atomic mass is 10.1. The Labute approximate surface area is 199 Å². The van der Waals surface area contributed by atoms with Gasteiger partial charge >= 0.3 is 0 Å². The van der Waals surface area contributed by atoms with E-state index in [0.717, 1.165) is 16.8 Å². The van der Waals surface area contributed by atoms with Crippen molar-refractivity contribution in [2.45, 2.75) is 13.5 Å². The first-order valence-electron chi connectivity index (χ1n) is 10.1. The molecule has 0 unspecified atom stereocenters. The van der Waals surface area contributed by atoms with Crippen LogP contribution in [0.15, 0.2) is 87.2 Å². The van der Waals surface area contributed by atoms with Crippen LogP contribution in [0.2, 0.25) is 0 Å². The predicted octanol–water partition coefficient (Wildman–Crippen LogP) is 6.36. The number of phenolic OH excluding ortho intramolecular Hbond substituents is 1. The van der Waals surface area contributed by atoms with E-state index >= 15 is 0 Å². The standard InChI is InChI=1S/C25H21BrN2O3S/c1-2-31-21-14-18(13-20(26)23(21)29)15-22-24(30)28(16-17-9-5-3-6-10-17)25(32-22)27-19-11-7-4-8-12-19/h3-15,29H,2,16H2,1H3/b22-15+,27-25?. The number of carbonyl (C=O) groups is 1. The largest absolute Gasteiger partial charge is 0.503 e. The van der Waals surface area contributed by atoms with Crippen molar-refractivity contribution in [2.75, 3.05) is 6.61 Å². The predicted molar refractivity (Wildman–Crippen MR) is 133 cm³/mol. The van der Waals surface area contributed by atoms with Crippen molar-refractivity contribution in [3.05, 3.63) is 93.3 Å². The molecule has 0 bridgehead atoms. The van der Waals surface area contributed by atoms with Crippen LogP contribution in [0.1, 0.15) is 18.1 Å². The molecule has 1 fully saturated rings. The van der Waals surface area contributed by atoms with E-state index in [2.05, 4.69) is 15.9 Å². The molecule has 1 amide bonds. The van der Waals surface area contributed by atoms with Crippen LogP contribution in [-0.4, -0.2) is 27.7 Å². The number of carbonyl (C=O) groups excluding carboxylic acids is 1. The Morgan fingerprint density at radius 2 is 1.78 bits per heavy atom. The van der Waals surface area contributed by atoms with E-state index in [-0.39, 0.29) is 11.7 Å². The maximum absolute atomic E-state index is 13.3. The second kappa shape index (κ2) is 10.1. The first-order valence-corrected chi connectivity index (χ1v) is 11.7. The molecule has 1 aliphatic rings. The lowest BCUT2D eigenvalue weighted by molar-refractivity contribution is -0.122. The van der Waals surface area contributed by atoms with Crippen LogP contribution in [0.25, 0.3) is 6.08 Å². The molecule has 0 aliphatic carbocycles. The van der Waals surface area contributed by atoms with E-state index < -0.39 is 0 Å². The quantitative estimate of drug-likeness (QED) is 0.393. The summed E-state index contributed by atoms with van der Waals surface area (Å²) in [5, 5.41) is 10.8. The average Bonchev–Trinajstić information content (AvgIpc) is 3.07. The van der Waals surface area contributed by atoms with Crippen molar-refractivity contribution in [1.29, 1.82) is 0 Å². The first-order chi connectivity index (χ1) is 15.5. The number of amides is 1. The third-order valence-electron chi connectivity index (χ3n) is 4.70. The molecule has 3 aromatic rings. The summed E-state index contributed by atoms with van der Waals surface area (Å²) in [6.07, 6.45) is 1.80. The summed E-state index contributed by atoms with van der Waals surface area (Å²) in [6, 6.07) is 22.9. The van der Waals surface area contributed by atoms with E-state index in [9.17, 15) is 9.90 Å². The van der Waals surface area contributed by atoms with Gasteiger partial charge in [-0.2, -0.15) is 0 Å². The summed E-state index contributed by atoms with van der Waals surface area (Å²) in [4.78, 5) is 20.3. The Morgan fingerprint density at radius 1 is 1.09 bits per heavy atom. The number of aliphatic imine (C=N–C) groups is 1. The number of thioether (sulfide) groups is 1. The van der Waals surface area contributed by atoms with Crippen molar-refractivity contribution < 1.29 is 14.6 Å². The number of hydrogen-bond acceptors (Lipinski definition) is 5. The summed E-state index contributed by atoms with van der Waals surface area (Å²) >= 11 is 4.69. The molecule has 0 atom stereocenters. The van der Waals surface area contributed by atoms with Gasteiger partial charge in [-0.1, -0.05) is 48.5 Å². The Balaban J connectivity index is 1.71. The van der Waals surface area contributed by atoms with Gasteiger partial charge in [-0.05, 0) is 76.1 Å². The van der Waals surface area contributed by atoms with Gasteiger partial charge < -0.3 is 9.84 Å². The second-order valence-corrected chi connectivity index (χ2v) is 8.86.